The van der Waals surface area contributed by atoms with Crippen molar-refractivity contribution in [2.24, 2.45) is 11.8 Å². The lowest BCUT2D eigenvalue weighted by Crippen LogP contribution is -2.42. The summed E-state index contributed by atoms with van der Waals surface area (Å²) in [6.45, 7) is 4.29. The third kappa shape index (κ3) is 3.52. The lowest BCUT2D eigenvalue weighted by Gasteiger charge is -2.26. The quantitative estimate of drug-likeness (QED) is 0.548. The molecule has 1 amide bonds. The van der Waals surface area contributed by atoms with E-state index in [1.54, 1.807) is 6.92 Å². The highest BCUT2D eigenvalue weighted by molar-refractivity contribution is 6.10. The van der Waals surface area contributed by atoms with Crippen LogP contribution in [0.5, 0.6) is 0 Å². The number of hydrogen-bond donors (Lipinski definition) is 0. The summed E-state index contributed by atoms with van der Waals surface area (Å²) in [7, 11) is 1.50. The second-order valence-corrected chi connectivity index (χ2v) is 6.47. The molecule has 6 nitrogen and oxygen atoms in total. The molecule has 1 aromatic rings. The summed E-state index contributed by atoms with van der Waals surface area (Å²) in [5.74, 6) is -6.70. The molecule has 0 bridgehead atoms. The zero-order chi connectivity index (χ0) is 19.6. The number of likely N-dealkylation sites (N-methyl/N-ethyl adjacent to an activating group) is 1. The molecular formula is C19H22FNO5. The van der Waals surface area contributed by atoms with E-state index in [0.717, 1.165) is 0 Å². The van der Waals surface area contributed by atoms with Gasteiger partial charge in [-0.1, -0.05) is 6.92 Å². The van der Waals surface area contributed by atoms with E-state index in [1.165, 1.54) is 44.0 Å². The highest BCUT2D eigenvalue weighted by atomic mass is 19.1. The first-order valence-corrected chi connectivity index (χ1v) is 8.45. The Hall–Kier alpha value is -2.57. The average Bonchev–Trinajstić information content (AvgIpc) is 2.80. The number of amides is 1. The standard InChI is InChI=1S/C19H22FNO5/c1-5-8-26-19(25)17(15(10(2)22)11(3)23)16-13-9-12(20)6-7-14(13)21(4)18(16)24/h6-7,9,15-17H,5,8H2,1-4H3. The van der Waals surface area contributed by atoms with Gasteiger partial charge in [0.1, 0.15) is 17.4 Å². The highest BCUT2D eigenvalue weighted by Crippen LogP contribution is 2.44. The van der Waals surface area contributed by atoms with Crippen LogP contribution in [0, 0.1) is 17.7 Å². The van der Waals surface area contributed by atoms with Gasteiger partial charge in [0, 0.05) is 12.7 Å². The predicted molar refractivity (Wildman–Crippen MR) is 92.1 cm³/mol. The molecule has 2 atom stereocenters. The molecule has 7 heteroatoms. The number of carbonyl (C=O) groups excluding carboxylic acids is 4. The monoisotopic (exact) mass is 363 g/mol. The summed E-state index contributed by atoms with van der Waals surface area (Å²) in [6.07, 6.45) is 0.549. The van der Waals surface area contributed by atoms with Crippen LogP contribution in [0.3, 0.4) is 0 Å². The predicted octanol–water partition coefficient (Wildman–Crippen LogP) is 2.25. The normalized spacial score (nSPS) is 17.2. The number of carbonyl (C=O) groups is 4. The number of anilines is 1. The molecule has 0 N–H and O–H groups in total. The second-order valence-electron chi connectivity index (χ2n) is 6.47. The number of hydrogen-bond acceptors (Lipinski definition) is 5. The topological polar surface area (TPSA) is 80.8 Å². The molecule has 0 aliphatic carbocycles. The zero-order valence-corrected chi connectivity index (χ0v) is 15.2. The van der Waals surface area contributed by atoms with E-state index in [0.29, 0.717) is 12.1 Å². The lowest BCUT2D eigenvalue weighted by atomic mass is 9.75. The first kappa shape index (κ1) is 19.8. The van der Waals surface area contributed by atoms with Gasteiger partial charge in [0.2, 0.25) is 5.91 Å². The number of ether oxygens (including phenoxy) is 1. The molecule has 2 rings (SSSR count). The molecule has 2 unspecified atom stereocenters. The van der Waals surface area contributed by atoms with Crippen molar-refractivity contribution in [2.45, 2.75) is 33.1 Å². The number of benzene rings is 1. The fraction of sp³-hybridized carbons (Fsp3) is 0.474. The third-order valence-electron chi connectivity index (χ3n) is 4.60. The molecule has 1 heterocycles. The average molecular weight is 363 g/mol. The first-order valence-electron chi connectivity index (χ1n) is 8.45. The Kier molecular flexibility index (Phi) is 5.90. The maximum Gasteiger partial charge on any atom is 0.311 e. The van der Waals surface area contributed by atoms with Crippen LogP contribution in [0.2, 0.25) is 0 Å². The van der Waals surface area contributed by atoms with Crippen molar-refractivity contribution >= 4 is 29.1 Å². The zero-order valence-electron chi connectivity index (χ0n) is 15.2. The molecule has 1 aromatic carbocycles. The number of halogens is 1. The Morgan fingerprint density at radius 1 is 1.23 bits per heavy atom. The van der Waals surface area contributed by atoms with Gasteiger partial charge in [-0.2, -0.15) is 0 Å². The van der Waals surface area contributed by atoms with Crippen LogP contribution in [0.4, 0.5) is 10.1 Å². The van der Waals surface area contributed by atoms with Gasteiger partial charge in [-0.3, -0.25) is 19.2 Å². The van der Waals surface area contributed by atoms with Gasteiger partial charge in [0.15, 0.2) is 0 Å². The molecule has 0 aromatic heterocycles. The van der Waals surface area contributed by atoms with Gasteiger partial charge in [-0.05, 0) is 44.0 Å². The highest BCUT2D eigenvalue weighted by Gasteiger charge is 2.50. The largest absolute Gasteiger partial charge is 0.465 e. The first-order chi connectivity index (χ1) is 12.2. The molecule has 140 valence electrons. The maximum atomic E-state index is 13.8. The molecule has 1 aliphatic heterocycles. The number of esters is 1. The minimum absolute atomic E-state index is 0.102. The van der Waals surface area contributed by atoms with Gasteiger partial charge in [0.25, 0.3) is 0 Å². The number of nitrogens with zero attached hydrogens (tertiary/aromatic N) is 1. The number of Topliss-reactive ketones (excluding diaryl/α,β-unsaturated/α-hetero) is 2. The summed E-state index contributed by atoms with van der Waals surface area (Å²) >= 11 is 0. The Morgan fingerprint density at radius 3 is 2.38 bits per heavy atom. The SMILES string of the molecule is CCCOC(=O)C(C(C(C)=O)C(C)=O)C1C(=O)N(C)c2ccc(F)cc21. The number of fused-ring (bicyclic) bond motifs is 1. The number of ketones is 2. The summed E-state index contributed by atoms with van der Waals surface area (Å²) in [5.41, 5.74) is 0.726. The Morgan fingerprint density at radius 2 is 1.85 bits per heavy atom. The smallest absolute Gasteiger partial charge is 0.311 e. The van der Waals surface area contributed by atoms with E-state index in [1.807, 2.05) is 0 Å². The number of rotatable bonds is 7. The van der Waals surface area contributed by atoms with Crippen molar-refractivity contribution in [1.82, 2.24) is 0 Å². The summed E-state index contributed by atoms with van der Waals surface area (Å²) in [4.78, 5) is 51.0. The summed E-state index contributed by atoms with van der Waals surface area (Å²) in [6, 6.07) is 3.81. The van der Waals surface area contributed by atoms with Crippen molar-refractivity contribution in [3.8, 4) is 0 Å². The lowest BCUT2D eigenvalue weighted by molar-refractivity contribution is -0.157. The van der Waals surface area contributed by atoms with Crippen molar-refractivity contribution in [1.29, 1.82) is 0 Å². The second kappa shape index (κ2) is 7.76. The minimum Gasteiger partial charge on any atom is -0.465 e. The van der Waals surface area contributed by atoms with Crippen molar-refractivity contribution < 1.29 is 28.3 Å². The Bertz CT molecular complexity index is 746. The molecule has 0 radical (unpaired) electrons. The van der Waals surface area contributed by atoms with E-state index in [4.69, 9.17) is 4.74 Å². The Labute approximate surface area is 151 Å². The van der Waals surface area contributed by atoms with Gasteiger partial charge in [-0.25, -0.2) is 4.39 Å². The van der Waals surface area contributed by atoms with Crippen LogP contribution >= 0.6 is 0 Å². The van der Waals surface area contributed by atoms with Gasteiger partial charge < -0.3 is 9.64 Å². The van der Waals surface area contributed by atoms with E-state index in [9.17, 15) is 23.6 Å². The van der Waals surface area contributed by atoms with Crippen molar-refractivity contribution in [3.05, 3.63) is 29.6 Å². The summed E-state index contributed by atoms with van der Waals surface area (Å²) < 4.78 is 19.0. The molecule has 1 aliphatic rings. The van der Waals surface area contributed by atoms with E-state index in [-0.39, 0.29) is 12.2 Å². The van der Waals surface area contributed by atoms with Crippen LogP contribution in [0.1, 0.15) is 38.7 Å². The van der Waals surface area contributed by atoms with E-state index >= 15 is 0 Å². The molecule has 0 saturated carbocycles. The van der Waals surface area contributed by atoms with Gasteiger partial charge >= 0.3 is 5.97 Å². The van der Waals surface area contributed by atoms with Crippen molar-refractivity contribution in [2.75, 3.05) is 18.6 Å². The molecule has 0 saturated heterocycles. The van der Waals surface area contributed by atoms with E-state index in [2.05, 4.69) is 0 Å². The fourth-order valence-corrected chi connectivity index (χ4v) is 3.44. The maximum absolute atomic E-state index is 13.8. The molecular weight excluding hydrogens is 341 g/mol. The van der Waals surface area contributed by atoms with Gasteiger partial charge in [-0.15, -0.1) is 0 Å². The Balaban J connectivity index is 2.60. The van der Waals surface area contributed by atoms with Crippen LogP contribution < -0.4 is 4.90 Å². The minimum atomic E-state index is -1.32. The molecule has 0 spiro atoms. The molecule has 26 heavy (non-hydrogen) atoms. The van der Waals surface area contributed by atoms with Crippen LogP contribution in [0.25, 0.3) is 0 Å². The van der Waals surface area contributed by atoms with Crippen LogP contribution in [-0.4, -0.2) is 37.1 Å². The van der Waals surface area contributed by atoms with Crippen molar-refractivity contribution in [3.63, 3.8) is 0 Å². The fourth-order valence-electron chi connectivity index (χ4n) is 3.44. The molecule has 0 fully saturated rings. The summed E-state index contributed by atoms with van der Waals surface area (Å²) in [5, 5.41) is 0. The van der Waals surface area contributed by atoms with Gasteiger partial charge in [0.05, 0.1) is 24.4 Å². The third-order valence-corrected chi connectivity index (χ3v) is 4.60. The van der Waals surface area contributed by atoms with Crippen LogP contribution in [-0.2, 0) is 23.9 Å². The van der Waals surface area contributed by atoms with Crippen LogP contribution in [0.15, 0.2) is 18.2 Å². The van der Waals surface area contributed by atoms with E-state index < -0.39 is 47.0 Å².